The summed E-state index contributed by atoms with van der Waals surface area (Å²) in [7, 11) is -3.39. The Morgan fingerprint density at radius 1 is 1.33 bits per heavy atom. The van der Waals surface area contributed by atoms with Crippen molar-refractivity contribution in [1.29, 1.82) is 0 Å². The molecular weight excluding hydrogens is 290 g/mol. The second kappa shape index (κ2) is 5.41. The lowest BCUT2D eigenvalue weighted by Crippen LogP contribution is -2.31. The fourth-order valence-electron chi connectivity index (χ4n) is 1.66. The first-order valence-electron chi connectivity index (χ1n) is 5.71. The lowest BCUT2D eigenvalue weighted by atomic mass is 10.2. The van der Waals surface area contributed by atoms with E-state index in [0.717, 1.165) is 18.4 Å². The SMILES string of the molecule is CSC1(CNS(=O)(=O)c2ccc(CCl)cc2)CC1. The molecule has 18 heavy (non-hydrogen) atoms. The number of hydrogen-bond donors (Lipinski definition) is 1. The van der Waals surface area contributed by atoms with Crippen molar-refractivity contribution < 1.29 is 8.42 Å². The van der Waals surface area contributed by atoms with Crippen LogP contribution in [0.25, 0.3) is 0 Å². The molecular formula is C12H16ClNO2S2. The Balaban J connectivity index is 2.05. The molecule has 0 saturated heterocycles. The largest absolute Gasteiger partial charge is 0.240 e. The van der Waals surface area contributed by atoms with Crippen LogP contribution in [0.5, 0.6) is 0 Å². The second-order valence-corrected chi connectivity index (χ2v) is 7.80. The Morgan fingerprint density at radius 3 is 2.39 bits per heavy atom. The van der Waals surface area contributed by atoms with Gasteiger partial charge in [0.2, 0.25) is 10.0 Å². The highest BCUT2D eigenvalue weighted by atomic mass is 35.5. The monoisotopic (exact) mass is 305 g/mol. The van der Waals surface area contributed by atoms with Crippen LogP contribution >= 0.6 is 23.4 Å². The zero-order chi connectivity index (χ0) is 13.2. The Bertz CT molecular complexity index is 509. The van der Waals surface area contributed by atoms with Crippen molar-refractivity contribution in [3.63, 3.8) is 0 Å². The highest BCUT2D eigenvalue weighted by molar-refractivity contribution is 8.00. The van der Waals surface area contributed by atoms with Crippen molar-refractivity contribution in [2.75, 3.05) is 12.8 Å². The molecule has 1 aliphatic rings. The molecule has 0 unspecified atom stereocenters. The van der Waals surface area contributed by atoms with Gasteiger partial charge in [0.15, 0.2) is 0 Å². The fraction of sp³-hybridized carbons (Fsp3) is 0.500. The summed E-state index contributed by atoms with van der Waals surface area (Å²) in [5.41, 5.74) is 0.915. The first-order chi connectivity index (χ1) is 8.51. The normalized spacial score (nSPS) is 17.7. The number of benzene rings is 1. The number of hydrogen-bond acceptors (Lipinski definition) is 3. The molecule has 0 atom stereocenters. The number of rotatable bonds is 6. The van der Waals surface area contributed by atoms with Crippen molar-refractivity contribution in [1.82, 2.24) is 4.72 Å². The van der Waals surface area contributed by atoms with Crippen molar-refractivity contribution in [3.05, 3.63) is 29.8 Å². The maximum atomic E-state index is 12.1. The van der Waals surface area contributed by atoms with Crippen LogP contribution in [0.2, 0.25) is 0 Å². The summed E-state index contributed by atoms with van der Waals surface area (Å²) in [5, 5.41) is 0. The van der Waals surface area contributed by atoms with Crippen LogP contribution in [0.3, 0.4) is 0 Å². The lowest BCUT2D eigenvalue weighted by Gasteiger charge is -2.13. The summed E-state index contributed by atoms with van der Waals surface area (Å²) in [5.74, 6) is 0.392. The summed E-state index contributed by atoms with van der Waals surface area (Å²) >= 11 is 7.41. The maximum Gasteiger partial charge on any atom is 0.240 e. The molecule has 1 aromatic carbocycles. The van der Waals surface area contributed by atoms with Gasteiger partial charge in [-0.2, -0.15) is 11.8 Å². The fourth-order valence-corrected chi connectivity index (χ4v) is 3.78. The smallest absolute Gasteiger partial charge is 0.210 e. The van der Waals surface area contributed by atoms with Gasteiger partial charge < -0.3 is 0 Å². The predicted molar refractivity (Wildman–Crippen MR) is 76.7 cm³/mol. The first-order valence-corrected chi connectivity index (χ1v) is 8.95. The summed E-state index contributed by atoms with van der Waals surface area (Å²) in [4.78, 5) is 0.299. The van der Waals surface area contributed by atoms with Gasteiger partial charge in [-0.1, -0.05) is 12.1 Å². The van der Waals surface area contributed by atoms with E-state index in [0.29, 0.717) is 17.3 Å². The topological polar surface area (TPSA) is 46.2 Å². The van der Waals surface area contributed by atoms with E-state index in [9.17, 15) is 8.42 Å². The van der Waals surface area contributed by atoms with Crippen LogP contribution in [0.1, 0.15) is 18.4 Å². The predicted octanol–water partition coefficient (Wildman–Crippen LogP) is 2.60. The van der Waals surface area contributed by atoms with Crippen LogP contribution in [-0.2, 0) is 15.9 Å². The molecule has 1 N–H and O–H groups in total. The van der Waals surface area contributed by atoms with Crippen LogP contribution in [0.15, 0.2) is 29.2 Å². The molecule has 0 spiro atoms. The number of alkyl halides is 1. The van der Waals surface area contributed by atoms with Gasteiger partial charge in [-0.25, -0.2) is 13.1 Å². The third-order valence-electron chi connectivity index (χ3n) is 3.21. The van der Waals surface area contributed by atoms with E-state index in [1.807, 2.05) is 6.26 Å². The molecule has 2 rings (SSSR count). The molecule has 1 aromatic rings. The molecule has 0 bridgehead atoms. The number of thioether (sulfide) groups is 1. The minimum atomic E-state index is -3.39. The molecule has 0 radical (unpaired) electrons. The van der Waals surface area contributed by atoms with E-state index >= 15 is 0 Å². The van der Waals surface area contributed by atoms with Gasteiger partial charge in [0.1, 0.15) is 0 Å². The number of nitrogens with one attached hydrogen (secondary N) is 1. The maximum absolute atomic E-state index is 12.1. The van der Waals surface area contributed by atoms with Crippen molar-refractivity contribution >= 4 is 33.4 Å². The molecule has 3 nitrogen and oxygen atoms in total. The second-order valence-electron chi connectivity index (χ2n) is 4.49. The molecule has 100 valence electrons. The van der Waals surface area contributed by atoms with Crippen LogP contribution < -0.4 is 4.72 Å². The molecule has 1 fully saturated rings. The minimum Gasteiger partial charge on any atom is -0.210 e. The Kier molecular flexibility index (Phi) is 4.26. The summed E-state index contributed by atoms with van der Waals surface area (Å²) in [6.07, 6.45) is 4.19. The lowest BCUT2D eigenvalue weighted by molar-refractivity contribution is 0.580. The van der Waals surface area contributed by atoms with Gasteiger partial charge in [-0.05, 0) is 36.8 Å². The van der Waals surface area contributed by atoms with Gasteiger partial charge in [0.25, 0.3) is 0 Å². The third kappa shape index (κ3) is 3.20. The molecule has 0 aliphatic heterocycles. The highest BCUT2D eigenvalue weighted by Gasteiger charge is 2.42. The molecule has 1 saturated carbocycles. The van der Waals surface area contributed by atoms with Crippen molar-refractivity contribution in [2.24, 2.45) is 0 Å². The zero-order valence-electron chi connectivity index (χ0n) is 10.1. The number of halogens is 1. The first kappa shape index (κ1) is 14.2. The summed E-state index contributed by atoms with van der Waals surface area (Å²) < 4.78 is 27.0. The Morgan fingerprint density at radius 2 is 1.94 bits per heavy atom. The average molecular weight is 306 g/mol. The molecule has 0 heterocycles. The highest BCUT2D eigenvalue weighted by Crippen LogP contribution is 2.46. The average Bonchev–Trinajstić information content (AvgIpc) is 3.17. The van der Waals surface area contributed by atoms with Gasteiger partial charge in [0.05, 0.1) is 4.90 Å². The zero-order valence-corrected chi connectivity index (χ0v) is 12.5. The van der Waals surface area contributed by atoms with Gasteiger partial charge in [-0.3, -0.25) is 0 Å². The molecule has 1 aliphatic carbocycles. The summed E-state index contributed by atoms with van der Waals surface area (Å²) in [6.45, 7) is 0.508. The minimum absolute atomic E-state index is 0.128. The van der Waals surface area contributed by atoms with E-state index in [1.54, 1.807) is 36.0 Å². The standard InChI is InChI=1S/C12H16ClNO2S2/c1-17-12(6-7-12)9-14-18(15,16)11-4-2-10(8-13)3-5-11/h2-5,14H,6-9H2,1H3. The van der Waals surface area contributed by atoms with Crippen molar-refractivity contribution in [2.45, 2.75) is 28.4 Å². The Labute approximate surface area is 117 Å². The third-order valence-corrected chi connectivity index (χ3v) is 6.36. The van der Waals surface area contributed by atoms with Crippen LogP contribution in [0, 0.1) is 0 Å². The van der Waals surface area contributed by atoms with Gasteiger partial charge in [0, 0.05) is 17.2 Å². The van der Waals surface area contributed by atoms with Gasteiger partial charge in [-0.15, -0.1) is 11.6 Å². The molecule has 6 heteroatoms. The van der Waals surface area contributed by atoms with E-state index in [-0.39, 0.29) is 4.75 Å². The van der Waals surface area contributed by atoms with Crippen LogP contribution in [0.4, 0.5) is 0 Å². The number of sulfonamides is 1. The van der Waals surface area contributed by atoms with E-state index in [4.69, 9.17) is 11.6 Å². The van der Waals surface area contributed by atoms with Crippen LogP contribution in [-0.4, -0.2) is 26.0 Å². The van der Waals surface area contributed by atoms with Crippen molar-refractivity contribution in [3.8, 4) is 0 Å². The quantitative estimate of drug-likeness (QED) is 0.822. The summed E-state index contributed by atoms with van der Waals surface area (Å²) in [6, 6.07) is 6.67. The Hall–Kier alpha value is -0.230. The molecule has 0 aromatic heterocycles. The van der Waals surface area contributed by atoms with Gasteiger partial charge >= 0.3 is 0 Å². The van der Waals surface area contributed by atoms with E-state index < -0.39 is 10.0 Å². The molecule has 0 amide bonds. The van der Waals surface area contributed by atoms with E-state index in [1.165, 1.54) is 0 Å². The van der Waals surface area contributed by atoms with E-state index in [2.05, 4.69) is 4.72 Å².